The number of aromatic nitrogens is 2. The molecule has 1 aromatic heterocycles. The Bertz CT molecular complexity index is 301. The topological polar surface area (TPSA) is 75.3 Å². The predicted octanol–water partition coefficient (Wildman–Crippen LogP) is 0.921. The summed E-state index contributed by atoms with van der Waals surface area (Å²) in [7, 11) is 1.90. The molecule has 1 rings (SSSR count). The lowest BCUT2D eigenvalue weighted by atomic mass is 10.3. The second kappa shape index (κ2) is 5.72. The van der Waals surface area contributed by atoms with Crippen LogP contribution in [-0.4, -0.2) is 35.3 Å². The summed E-state index contributed by atoms with van der Waals surface area (Å²) in [5.41, 5.74) is 5.48. The van der Waals surface area contributed by atoms with E-state index in [4.69, 9.17) is 22.4 Å². The van der Waals surface area contributed by atoms with Crippen molar-refractivity contribution >= 4 is 23.4 Å². The molecule has 6 heteroatoms. The summed E-state index contributed by atoms with van der Waals surface area (Å²) in [6.07, 6.45) is 1.67. The largest absolute Gasteiger partial charge is 0.396 e. The number of rotatable bonds is 5. The smallest absolute Gasteiger partial charge is 0.223 e. The van der Waals surface area contributed by atoms with Crippen LogP contribution in [0.15, 0.2) is 6.07 Å². The number of hydrogen-bond donors (Lipinski definition) is 2. The van der Waals surface area contributed by atoms with Crippen molar-refractivity contribution < 1.29 is 5.11 Å². The summed E-state index contributed by atoms with van der Waals surface area (Å²) < 4.78 is 0. The second-order valence-electron chi connectivity index (χ2n) is 3.26. The number of nitrogens with zero attached hydrogens (tertiary/aromatic N) is 3. The number of halogens is 1. The number of aliphatic hydroxyl groups excluding tert-OH is 1. The monoisotopic (exact) mass is 230 g/mol. The highest BCUT2D eigenvalue weighted by Crippen LogP contribution is 2.15. The lowest BCUT2D eigenvalue weighted by Gasteiger charge is -2.17. The van der Waals surface area contributed by atoms with Crippen LogP contribution in [0.25, 0.3) is 0 Å². The molecule has 0 saturated heterocycles. The Morgan fingerprint density at radius 1 is 1.47 bits per heavy atom. The van der Waals surface area contributed by atoms with Gasteiger partial charge in [0.25, 0.3) is 0 Å². The fraction of sp³-hybridized carbons (Fsp3) is 0.556. The van der Waals surface area contributed by atoms with Gasteiger partial charge in [0.15, 0.2) is 0 Å². The highest BCUT2D eigenvalue weighted by atomic mass is 35.5. The quantitative estimate of drug-likeness (QED) is 0.581. The third kappa shape index (κ3) is 3.89. The minimum Gasteiger partial charge on any atom is -0.396 e. The molecular weight excluding hydrogens is 216 g/mol. The maximum absolute atomic E-state index is 8.65. The summed E-state index contributed by atoms with van der Waals surface area (Å²) in [5, 5.41) is 8.99. The number of nitrogens with two attached hydrogens (primary N) is 1. The van der Waals surface area contributed by atoms with Gasteiger partial charge in [0, 0.05) is 26.3 Å². The van der Waals surface area contributed by atoms with E-state index in [1.54, 1.807) is 6.07 Å². The zero-order valence-electron chi connectivity index (χ0n) is 8.65. The maximum Gasteiger partial charge on any atom is 0.223 e. The molecule has 15 heavy (non-hydrogen) atoms. The summed E-state index contributed by atoms with van der Waals surface area (Å²) in [6.45, 7) is 1.01. The van der Waals surface area contributed by atoms with Crippen LogP contribution < -0.4 is 10.6 Å². The Balaban J connectivity index is 2.60. The molecule has 84 valence electrons. The van der Waals surface area contributed by atoms with Crippen LogP contribution in [-0.2, 0) is 0 Å². The van der Waals surface area contributed by atoms with E-state index in [2.05, 4.69) is 9.97 Å². The van der Waals surface area contributed by atoms with Crippen LogP contribution in [0.5, 0.6) is 0 Å². The third-order valence-electron chi connectivity index (χ3n) is 1.99. The third-order valence-corrected chi connectivity index (χ3v) is 2.19. The van der Waals surface area contributed by atoms with Crippen molar-refractivity contribution in [2.24, 2.45) is 0 Å². The van der Waals surface area contributed by atoms with Crippen molar-refractivity contribution in [3.05, 3.63) is 11.2 Å². The Kier molecular flexibility index (Phi) is 4.58. The van der Waals surface area contributed by atoms with Gasteiger partial charge in [-0.05, 0) is 12.8 Å². The molecular formula is C9H15ClN4O. The highest BCUT2D eigenvalue weighted by Gasteiger charge is 2.05. The Morgan fingerprint density at radius 2 is 2.20 bits per heavy atom. The first-order chi connectivity index (χ1) is 7.13. The number of unbranched alkanes of at least 4 members (excludes halogenated alkanes) is 1. The molecule has 0 fully saturated rings. The second-order valence-corrected chi connectivity index (χ2v) is 3.65. The number of hydrogen-bond acceptors (Lipinski definition) is 5. The molecule has 5 nitrogen and oxygen atoms in total. The zero-order chi connectivity index (χ0) is 11.3. The van der Waals surface area contributed by atoms with E-state index in [1.165, 1.54) is 0 Å². The lowest BCUT2D eigenvalue weighted by molar-refractivity contribution is 0.285. The van der Waals surface area contributed by atoms with E-state index in [0.29, 0.717) is 11.0 Å². The van der Waals surface area contributed by atoms with Gasteiger partial charge in [0.2, 0.25) is 5.95 Å². The molecule has 0 aliphatic rings. The van der Waals surface area contributed by atoms with Gasteiger partial charge in [-0.1, -0.05) is 11.6 Å². The van der Waals surface area contributed by atoms with Crippen LogP contribution >= 0.6 is 11.6 Å². The van der Waals surface area contributed by atoms with Crippen molar-refractivity contribution in [2.75, 3.05) is 30.8 Å². The molecule has 0 aliphatic heterocycles. The van der Waals surface area contributed by atoms with Gasteiger partial charge in [-0.25, -0.2) is 4.98 Å². The molecule has 0 aliphatic carbocycles. The maximum atomic E-state index is 8.65. The molecule has 3 N–H and O–H groups in total. The molecule has 1 heterocycles. The molecule has 1 aromatic rings. The van der Waals surface area contributed by atoms with Crippen LogP contribution in [0.4, 0.5) is 11.8 Å². The predicted molar refractivity (Wildman–Crippen MR) is 61.0 cm³/mol. The van der Waals surface area contributed by atoms with Crippen LogP contribution in [0.3, 0.4) is 0 Å². The first-order valence-corrected chi connectivity index (χ1v) is 5.13. The fourth-order valence-electron chi connectivity index (χ4n) is 1.19. The minimum atomic E-state index is 0.173. The van der Waals surface area contributed by atoms with E-state index in [9.17, 15) is 0 Å². The standard InChI is InChI=1S/C9H15ClN4O/c1-14(4-2-3-5-15)8-6-7(10)12-9(11)13-8/h6,15H,2-5H2,1H3,(H2,11,12,13). The fourth-order valence-corrected chi connectivity index (χ4v) is 1.38. The SMILES string of the molecule is CN(CCCCO)c1cc(Cl)nc(N)n1. The van der Waals surface area contributed by atoms with E-state index < -0.39 is 0 Å². The summed E-state index contributed by atoms with van der Waals surface area (Å²) in [5.74, 6) is 0.872. The van der Waals surface area contributed by atoms with Gasteiger partial charge in [-0.3, -0.25) is 0 Å². The summed E-state index contributed by atoms with van der Waals surface area (Å²) in [4.78, 5) is 9.77. The van der Waals surface area contributed by atoms with E-state index in [-0.39, 0.29) is 12.6 Å². The van der Waals surface area contributed by atoms with E-state index >= 15 is 0 Å². The normalized spacial score (nSPS) is 10.3. The Labute approximate surface area is 93.9 Å². The van der Waals surface area contributed by atoms with Crippen molar-refractivity contribution in [3.8, 4) is 0 Å². The molecule has 0 bridgehead atoms. The molecule has 0 saturated carbocycles. The van der Waals surface area contributed by atoms with Gasteiger partial charge in [-0.2, -0.15) is 4.98 Å². The van der Waals surface area contributed by atoms with Crippen molar-refractivity contribution in [1.29, 1.82) is 0 Å². The molecule has 0 spiro atoms. The van der Waals surface area contributed by atoms with Gasteiger partial charge >= 0.3 is 0 Å². The van der Waals surface area contributed by atoms with E-state index in [1.807, 2.05) is 11.9 Å². The first kappa shape index (κ1) is 12.0. The molecule has 0 amide bonds. The van der Waals surface area contributed by atoms with Crippen molar-refractivity contribution in [2.45, 2.75) is 12.8 Å². The lowest BCUT2D eigenvalue weighted by Crippen LogP contribution is -2.20. The van der Waals surface area contributed by atoms with Crippen LogP contribution in [0.1, 0.15) is 12.8 Å². The van der Waals surface area contributed by atoms with Gasteiger partial charge in [0.1, 0.15) is 11.0 Å². The molecule has 0 unspecified atom stereocenters. The number of aliphatic hydroxyl groups is 1. The van der Waals surface area contributed by atoms with E-state index in [0.717, 1.165) is 19.4 Å². The first-order valence-electron chi connectivity index (χ1n) is 4.75. The average molecular weight is 231 g/mol. The van der Waals surface area contributed by atoms with Gasteiger partial charge < -0.3 is 15.7 Å². The van der Waals surface area contributed by atoms with Crippen LogP contribution in [0.2, 0.25) is 5.15 Å². The van der Waals surface area contributed by atoms with Crippen molar-refractivity contribution in [3.63, 3.8) is 0 Å². The van der Waals surface area contributed by atoms with Gasteiger partial charge in [0.05, 0.1) is 0 Å². The van der Waals surface area contributed by atoms with Gasteiger partial charge in [-0.15, -0.1) is 0 Å². The molecule has 0 aromatic carbocycles. The zero-order valence-corrected chi connectivity index (χ0v) is 9.41. The number of anilines is 2. The average Bonchev–Trinajstić information content (AvgIpc) is 2.16. The van der Waals surface area contributed by atoms with Crippen LogP contribution in [0, 0.1) is 0 Å². The Hall–Kier alpha value is -1.07. The Morgan fingerprint density at radius 3 is 2.80 bits per heavy atom. The van der Waals surface area contributed by atoms with Crippen molar-refractivity contribution in [1.82, 2.24) is 9.97 Å². The summed E-state index contributed by atoms with van der Waals surface area (Å²) in [6, 6.07) is 1.66. The molecule has 0 radical (unpaired) electrons. The molecule has 0 atom stereocenters. The minimum absolute atomic E-state index is 0.173. The highest BCUT2D eigenvalue weighted by molar-refractivity contribution is 6.29. The number of nitrogen functional groups attached to an aromatic ring is 1. The summed E-state index contributed by atoms with van der Waals surface area (Å²) >= 11 is 5.76.